The Balaban J connectivity index is 1.84. The van der Waals surface area contributed by atoms with Crippen LogP contribution < -0.4 is 0 Å². The van der Waals surface area contributed by atoms with E-state index in [1.54, 1.807) is 6.20 Å². The van der Waals surface area contributed by atoms with E-state index in [1.807, 2.05) is 12.1 Å². The molecule has 4 rings (SSSR count). The third-order valence-corrected chi connectivity index (χ3v) is 5.95. The normalized spacial score (nSPS) is 21.6. The highest BCUT2D eigenvalue weighted by molar-refractivity contribution is 6.03. The van der Waals surface area contributed by atoms with E-state index in [2.05, 4.69) is 22.9 Å². The van der Waals surface area contributed by atoms with E-state index in [0.29, 0.717) is 19.0 Å². The number of carbonyl (C=O) groups is 1. The molecule has 132 valence electrons. The lowest BCUT2D eigenvalue weighted by molar-refractivity contribution is 0.0578. The maximum Gasteiger partial charge on any atom is 0.254 e. The summed E-state index contributed by atoms with van der Waals surface area (Å²) in [4.78, 5) is 20.0. The molecular weight excluding hydrogens is 312 g/mol. The van der Waals surface area contributed by atoms with Gasteiger partial charge in [0.05, 0.1) is 5.52 Å². The molecule has 1 aromatic heterocycles. The molecule has 1 atom stereocenters. The zero-order valence-electron chi connectivity index (χ0n) is 14.9. The molecule has 1 aliphatic carbocycles. The summed E-state index contributed by atoms with van der Waals surface area (Å²) < 4.78 is 0. The Morgan fingerprint density at radius 1 is 1.28 bits per heavy atom. The van der Waals surface area contributed by atoms with Crippen molar-refractivity contribution in [3.05, 3.63) is 41.1 Å². The van der Waals surface area contributed by atoms with Gasteiger partial charge in [0.2, 0.25) is 0 Å². The summed E-state index contributed by atoms with van der Waals surface area (Å²) in [6, 6.07) is 6.42. The van der Waals surface area contributed by atoms with Gasteiger partial charge in [-0.3, -0.25) is 9.78 Å². The number of carbonyl (C=O) groups excluding carboxylic acids is 1. The van der Waals surface area contributed by atoms with Gasteiger partial charge in [0, 0.05) is 42.3 Å². The molecule has 1 aromatic carbocycles. The van der Waals surface area contributed by atoms with Crippen molar-refractivity contribution >= 4 is 16.8 Å². The fourth-order valence-corrected chi connectivity index (χ4v) is 4.69. The molecule has 1 fully saturated rings. The number of pyridine rings is 1. The van der Waals surface area contributed by atoms with Crippen LogP contribution in [0, 0.1) is 6.92 Å². The SMILES string of the molecule is Cc1cc2c(c3ncccc13)C(CCO)CN(C1CCCCC1)C2=O. The second-order valence-electron chi connectivity index (χ2n) is 7.51. The Morgan fingerprint density at radius 2 is 2.08 bits per heavy atom. The van der Waals surface area contributed by atoms with Gasteiger partial charge < -0.3 is 10.0 Å². The number of hydrogen-bond donors (Lipinski definition) is 1. The van der Waals surface area contributed by atoms with Crippen molar-refractivity contribution in [1.82, 2.24) is 9.88 Å². The Labute approximate surface area is 148 Å². The summed E-state index contributed by atoms with van der Waals surface area (Å²) in [5.41, 5.74) is 3.89. The smallest absolute Gasteiger partial charge is 0.254 e. The maximum absolute atomic E-state index is 13.3. The van der Waals surface area contributed by atoms with Crippen LogP contribution in [0.5, 0.6) is 0 Å². The molecule has 1 aliphatic heterocycles. The molecule has 0 spiro atoms. The highest BCUT2D eigenvalue weighted by Gasteiger charge is 2.37. The van der Waals surface area contributed by atoms with E-state index >= 15 is 0 Å². The molecule has 4 heteroatoms. The average molecular weight is 338 g/mol. The van der Waals surface area contributed by atoms with Crippen LogP contribution in [0.4, 0.5) is 0 Å². The van der Waals surface area contributed by atoms with Gasteiger partial charge in [0.25, 0.3) is 5.91 Å². The minimum Gasteiger partial charge on any atom is -0.396 e. The highest BCUT2D eigenvalue weighted by Crippen LogP contribution is 2.39. The summed E-state index contributed by atoms with van der Waals surface area (Å²) >= 11 is 0. The van der Waals surface area contributed by atoms with Gasteiger partial charge in [0.15, 0.2) is 0 Å². The van der Waals surface area contributed by atoms with Crippen molar-refractivity contribution in [1.29, 1.82) is 0 Å². The molecule has 1 N–H and O–H groups in total. The number of nitrogens with zero attached hydrogens (tertiary/aromatic N) is 2. The number of amides is 1. The monoisotopic (exact) mass is 338 g/mol. The fraction of sp³-hybridized carbons (Fsp3) is 0.524. The molecule has 1 saturated carbocycles. The number of aryl methyl sites for hydroxylation is 1. The van der Waals surface area contributed by atoms with Crippen LogP contribution in [-0.2, 0) is 0 Å². The zero-order valence-corrected chi connectivity index (χ0v) is 14.9. The van der Waals surface area contributed by atoms with E-state index in [1.165, 1.54) is 19.3 Å². The average Bonchev–Trinajstić information content (AvgIpc) is 2.65. The largest absolute Gasteiger partial charge is 0.396 e. The van der Waals surface area contributed by atoms with Gasteiger partial charge >= 0.3 is 0 Å². The van der Waals surface area contributed by atoms with Crippen LogP contribution in [-0.4, -0.2) is 40.1 Å². The van der Waals surface area contributed by atoms with E-state index < -0.39 is 0 Å². The predicted octanol–water partition coefficient (Wildman–Crippen LogP) is 3.80. The first-order chi connectivity index (χ1) is 12.2. The van der Waals surface area contributed by atoms with E-state index in [9.17, 15) is 9.90 Å². The number of hydrogen-bond acceptors (Lipinski definition) is 3. The first kappa shape index (κ1) is 16.5. The molecule has 2 aromatic rings. The highest BCUT2D eigenvalue weighted by atomic mass is 16.3. The number of fused-ring (bicyclic) bond motifs is 3. The lowest BCUT2D eigenvalue weighted by atomic mass is 9.82. The van der Waals surface area contributed by atoms with Crippen molar-refractivity contribution in [3.8, 4) is 0 Å². The van der Waals surface area contributed by atoms with Crippen molar-refractivity contribution < 1.29 is 9.90 Å². The molecule has 2 aliphatic rings. The minimum absolute atomic E-state index is 0.138. The first-order valence-corrected chi connectivity index (χ1v) is 9.50. The number of aliphatic hydroxyl groups is 1. The molecule has 0 saturated heterocycles. The van der Waals surface area contributed by atoms with Crippen LogP contribution in [0.25, 0.3) is 10.9 Å². The zero-order chi connectivity index (χ0) is 17.4. The van der Waals surface area contributed by atoms with Crippen molar-refractivity contribution in [2.75, 3.05) is 13.2 Å². The van der Waals surface area contributed by atoms with Gasteiger partial charge in [0.1, 0.15) is 0 Å². The number of aromatic nitrogens is 1. The number of aliphatic hydroxyl groups excluding tert-OH is 1. The summed E-state index contributed by atoms with van der Waals surface area (Å²) in [5.74, 6) is 0.323. The Bertz CT molecular complexity index is 796. The molecule has 0 bridgehead atoms. The second-order valence-corrected chi connectivity index (χ2v) is 7.51. The van der Waals surface area contributed by atoms with Crippen LogP contribution in [0.15, 0.2) is 24.4 Å². The van der Waals surface area contributed by atoms with Crippen molar-refractivity contribution in [2.45, 2.75) is 57.4 Å². The third-order valence-electron chi connectivity index (χ3n) is 5.95. The first-order valence-electron chi connectivity index (χ1n) is 9.50. The molecule has 1 amide bonds. The fourth-order valence-electron chi connectivity index (χ4n) is 4.69. The third kappa shape index (κ3) is 2.82. The van der Waals surface area contributed by atoms with E-state index in [-0.39, 0.29) is 18.4 Å². The maximum atomic E-state index is 13.3. The summed E-state index contributed by atoms with van der Waals surface area (Å²) in [7, 11) is 0. The van der Waals surface area contributed by atoms with Gasteiger partial charge in [-0.05, 0) is 49.4 Å². The van der Waals surface area contributed by atoms with Gasteiger partial charge in [-0.2, -0.15) is 0 Å². The van der Waals surface area contributed by atoms with Gasteiger partial charge in [-0.25, -0.2) is 0 Å². The van der Waals surface area contributed by atoms with E-state index in [0.717, 1.165) is 40.4 Å². The van der Waals surface area contributed by atoms with Crippen molar-refractivity contribution in [3.63, 3.8) is 0 Å². The number of benzene rings is 1. The Morgan fingerprint density at radius 3 is 2.84 bits per heavy atom. The molecule has 25 heavy (non-hydrogen) atoms. The predicted molar refractivity (Wildman–Crippen MR) is 98.8 cm³/mol. The van der Waals surface area contributed by atoms with Crippen LogP contribution in [0.1, 0.15) is 65.9 Å². The topological polar surface area (TPSA) is 53.4 Å². The Hall–Kier alpha value is -1.94. The standard InChI is InChI=1S/C21H26N2O2/c1-14-12-18-19(20-17(14)8-5-10-22-20)15(9-11-24)13-23(21(18)25)16-6-3-2-4-7-16/h5,8,10,12,15-16,24H,2-4,6-7,9,11,13H2,1H3. The summed E-state index contributed by atoms with van der Waals surface area (Å²) in [5, 5.41) is 10.7. The lowest BCUT2D eigenvalue weighted by Crippen LogP contribution is -2.47. The number of rotatable bonds is 3. The van der Waals surface area contributed by atoms with Crippen LogP contribution >= 0.6 is 0 Å². The molecule has 0 radical (unpaired) electrons. The van der Waals surface area contributed by atoms with Gasteiger partial charge in [-0.15, -0.1) is 0 Å². The quantitative estimate of drug-likeness (QED) is 0.926. The summed E-state index contributed by atoms with van der Waals surface area (Å²) in [6.45, 7) is 2.91. The van der Waals surface area contributed by atoms with Crippen LogP contribution in [0.2, 0.25) is 0 Å². The second kappa shape index (κ2) is 6.75. The molecular formula is C21H26N2O2. The summed E-state index contributed by atoms with van der Waals surface area (Å²) in [6.07, 6.45) is 8.40. The van der Waals surface area contributed by atoms with E-state index in [4.69, 9.17) is 0 Å². The lowest BCUT2D eigenvalue weighted by Gasteiger charge is -2.41. The Kier molecular flexibility index (Phi) is 4.46. The van der Waals surface area contributed by atoms with Gasteiger partial charge in [-0.1, -0.05) is 25.3 Å². The van der Waals surface area contributed by atoms with Crippen LogP contribution in [0.3, 0.4) is 0 Å². The molecule has 1 unspecified atom stereocenters. The molecule has 4 nitrogen and oxygen atoms in total. The van der Waals surface area contributed by atoms with Crippen molar-refractivity contribution in [2.24, 2.45) is 0 Å². The minimum atomic E-state index is 0.138. The molecule has 2 heterocycles.